The van der Waals surface area contributed by atoms with Crippen LogP contribution in [0.3, 0.4) is 0 Å². The summed E-state index contributed by atoms with van der Waals surface area (Å²) < 4.78 is 0. The Morgan fingerprint density at radius 1 is 1.05 bits per heavy atom. The number of carbonyl (C=O) groups is 1. The highest BCUT2D eigenvalue weighted by molar-refractivity contribution is 6.08. The Bertz CT molecular complexity index is 778. The minimum atomic E-state index is -0.270. The molecule has 1 amide bonds. The topological polar surface area (TPSA) is 68.0 Å². The third kappa shape index (κ3) is 2.31. The van der Waals surface area contributed by atoms with Gasteiger partial charge in [-0.15, -0.1) is 0 Å². The molecule has 0 bridgehead atoms. The number of nitrogens with one attached hydrogen (secondary N) is 1. The molecule has 0 aliphatic carbocycles. The minimum Gasteiger partial charge on any atom is -0.399 e. The molecule has 0 aliphatic rings. The molecule has 0 spiro atoms. The van der Waals surface area contributed by atoms with E-state index in [-0.39, 0.29) is 5.91 Å². The highest BCUT2D eigenvalue weighted by Crippen LogP contribution is 2.23. The fourth-order valence-corrected chi connectivity index (χ4v) is 2.09. The lowest BCUT2D eigenvalue weighted by molar-refractivity contribution is 0.102. The number of aromatic nitrogens is 1. The fourth-order valence-electron chi connectivity index (χ4n) is 2.09. The molecular formula is C16H13N3O. The smallest absolute Gasteiger partial charge is 0.274 e. The minimum absolute atomic E-state index is 0.270. The molecule has 3 aromatic rings. The summed E-state index contributed by atoms with van der Waals surface area (Å²) in [5, 5.41) is 4.94. The number of carbonyl (C=O) groups excluding carboxylic acids is 1. The van der Waals surface area contributed by atoms with E-state index in [0.717, 1.165) is 16.5 Å². The number of rotatable bonds is 2. The summed E-state index contributed by atoms with van der Waals surface area (Å²) >= 11 is 0. The van der Waals surface area contributed by atoms with Crippen molar-refractivity contribution in [3.8, 4) is 0 Å². The molecule has 0 saturated carbocycles. The van der Waals surface area contributed by atoms with Crippen LogP contribution in [0.2, 0.25) is 0 Å². The van der Waals surface area contributed by atoms with E-state index in [1.54, 1.807) is 12.1 Å². The van der Waals surface area contributed by atoms with E-state index in [0.29, 0.717) is 11.4 Å². The van der Waals surface area contributed by atoms with Gasteiger partial charge in [0.15, 0.2) is 0 Å². The molecule has 1 aromatic heterocycles. The predicted molar refractivity (Wildman–Crippen MR) is 80.6 cm³/mol. The maximum absolute atomic E-state index is 12.2. The van der Waals surface area contributed by atoms with Gasteiger partial charge in [-0.3, -0.25) is 9.78 Å². The number of amides is 1. The number of pyridine rings is 1. The lowest BCUT2D eigenvalue weighted by atomic mass is 10.1. The van der Waals surface area contributed by atoms with Crippen molar-refractivity contribution in [2.45, 2.75) is 0 Å². The van der Waals surface area contributed by atoms with Gasteiger partial charge < -0.3 is 11.1 Å². The Morgan fingerprint density at radius 3 is 2.70 bits per heavy atom. The van der Waals surface area contributed by atoms with Crippen molar-refractivity contribution < 1.29 is 4.79 Å². The summed E-state index contributed by atoms with van der Waals surface area (Å²) in [5.74, 6) is -0.270. The molecule has 0 aliphatic heterocycles. The summed E-state index contributed by atoms with van der Waals surface area (Å²) in [6.45, 7) is 0. The van der Waals surface area contributed by atoms with Crippen molar-refractivity contribution >= 4 is 28.1 Å². The highest BCUT2D eigenvalue weighted by Gasteiger charge is 2.09. The molecule has 20 heavy (non-hydrogen) atoms. The van der Waals surface area contributed by atoms with Crippen LogP contribution < -0.4 is 11.1 Å². The molecule has 4 heteroatoms. The van der Waals surface area contributed by atoms with Gasteiger partial charge in [0, 0.05) is 23.0 Å². The third-order valence-corrected chi connectivity index (χ3v) is 3.05. The fraction of sp³-hybridized carbons (Fsp3) is 0. The van der Waals surface area contributed by atoms with Gasteiger partial charge in [0.1, 0.15) is 5.69 Å². The van der Waals surface area contributed by atoms with E-state index in [2.05, 4.69) is 10.3 Å². The van der Waals surface area contributed by atoms with Crippen LogP contribution in [0.1, 0.15) is 10.5 Å². The molecule has 3 N–H and O–H groups in total. The van der Waals surface area contributed by atoms with Crippen LogP contribution in [0.4, 0.5) is 11.4 Å². The van der Waals surface area contributed by atoms with Gasteiger partial charge in [-0.25, -0.2) is 0 Å². The number of nitrogens with two attached hydrogens (primary N) is 1. The summed E-state index contributed by atoms with van der Waals surface area (Å²) in [6, 6.07) is 16.9. The number of hydrogen-bond donors (Lipinski definition) is 2. The van der Waals surface area contributed by atoms with E-state index in [4.69, 9.17) is 5.73 Å². The monoisotopic (exact) mass is 263 g/mol. The quantitative estimate of drug-likeness (QED) is 0.746. The molecule has 0 unspecified atom stereocenters. The number of fused-ring (bicyclic) bond motifs is 1. The maximum atomic E-state index is 12.2. The van der Waals surface area contributed by atoms with Crippen molar-refractivity contribution in [2.24, 2.45) is 0 Å². The Labute approximate surface area is 116 Å². The van der Waals surface area contributed by atoms with Crippen LogP contribution in [-0.2, 0) is 0 Å². The van der Waals surface area contributed by atoms with Crippen LogP contribution in [0.15, 0.2) is 60.8 Å². The molecule has 0 saturated heterocycles. The third-order valence-electron chi connectivity index (χ3n) is 3.05. The molecule has 2 aromatic carbocycles. The van der Waals surface area contributed by atoms with Crippen molar-refractivity contribution in [2.75, 3.05) is 11.1 Å². The molecule has 1 heterocycles. The second-order valence-corrected chi connectivity index (χ2v) is 4.46. The van der Waals surface area contributed by atoms with Gasteiger partial charge in [0.2, 0.25) is 0 Å². The number of benzene rings is 2. The van der Waals surface area contributed by atoms with Crippen molar-refractivity contribution in [3.63, 3.8) is 0 Å². The van der Waals surface area contributed by atoms with Gasteiger partial charge in [-0.1, -0.05) is 36.4 Å². The Morgan fingerprint density at radius 2 is 1.85 bits per heavy atom. The zero-order valence-corrected chi connectivity index (χ0v) is 10.7. The van der Waals surface area contributed by atoms with Gasteiger partial charge in [-0.2, -0.15) is 0 Å². The molecule has 98 valence electrons. The second kappa shape index (κ2) is 5.01. The van der Waals surface area contributed by atoms with Crippen LogP contribution >= 0.6 is 0 Å². The van der Waals surface area contributed by atoms with Gasteiger partial charge >= 0.3 is 0 Å². The van der Waals surface area contributed by atoms with Crippen LogP contribution in [0.5, 0.6) is 0 Å². The average Bonchev–Trinajstić information content (AvgIpc) is 2.47. The molecular weight excluding hydrogens is 250 g/mol. The normalized spacial score (nSPS) is 10.4. The van der Waals surface area contributed by atoms with E-state index in [1.165, 1.54) is 6.20 Å². The van der Waals surface area contributed by atoms with Crippen LogP contribution in [-0.4, -0.2) is 10.9 Å². The molecule has 0 fully saturated rings. The summed E-state index contributed by atoms with van der Waals surface area (Å²) in [4.78, 5) is 16.2. The summed E-state index contributed by atoms with van der Waals surface area (Å²) in [6.07, 6.45) is 1.52. The van der Waals surface area contributed by atoms with Gasteiger partial charge in [0.05, 0.1) is 0 Å². The molecule has 0 radical (unpaired) electrons. The predicted octanol–water partition coefficient (Wildman–Crippen LogP) is 3.07. The second-order valence-electron chi connectivity index (χ2n) is 4.46. The average molecular weight is 263 g/mol. The first-order chi connectivity index (χ1) is 9.74. The van der Waals surface area contributed by atoms with E-state index < -0.39 is 0 Å². The lowest BCUT2D eigenvalue weighted by Gasteiger charge is -2.08. The zero-order valence-electron chi connectivity index (χ0n) is 10.7. The summed E-state index contributed by atoms with van der Waals surface area (Å²) in [5.41, 5.74) is 7.24. The largest absolute Gasteiger partial charge is 0.399 e. The first kappa shape index (κ1) is 12.2. The van der Waals surface area contributed by atoms with Crippen molar-refractivity contribution in [1.82, 2.24) is 4.98 Å². The Kier molecular flexibility index (Phi) is 3.05. The standard InChI is InChI=1S/C16H13N3O/c17-12-8-9-18-15(10-12)16(20)19-14-7-3-5-11-4-1-2-6-13(11)14/h1-10H,(H2,17,18)(H,19,20). The van der Waals surface area contributed by atoms with E-state index >= 15 is 0 Å². The first-order valence-corrected chi connectivity index (χ1v) is 6.25. The van der Waals surface area contributed by atoms with Crippen LogP contribution in [0, 0.1) is 0 Å². The highest BCUT2D eigenvalue weighted by atomic mass is 16.1. The Balaban J connectivity index is 1.95. The Hall–Kier alpha value is -2.88. The van der Waals surface area contributed by atoms with E-state index in [1.807, 2.05) is 42.5 Å². The van der Waals surface area contributed by atoms with Gasteiger partial charge in [0.25, 0.3) is 5.91 Å². The first-order valence-electron chi connectivity index (χ1n) is 6.25. The molecule has 3 rings (SSSR count). The number of anilines is 2. The lowest BCUT2D eigenvalue weighted by Crippen LogP contribution is -2.14. The van der Waals surface area contributed by atoms with Crippen LogP contribution in [0.25, 0.3) is 10.8 Å². The SMILES string of the molecule is Nc1ccnc(C(=O)Nc2cccc3ccccc23)c1. The van der Waals surface area contributed by atoms with E-state index in [9.17, 15) is 4.79 Å². The molecule has 0 atom stereocenters. The van der Waals surface area contributed by atoms with Crippen molar-refractivity contribution in [1.29, 1.82) is 0 Å². The summed E-state index contributed by atoms with van der Waals surface area (Å²) in [7, 11) is 0. The molecule has 4 nitrogen and oxygen atoms in total. The zero-order chi connectivity index (χ0) is 13.9. The number of hydrogen-bond acceptors (Lipinski definition) is 3. The van der Waals surface area contributed by atoms with Gasteiger partial charge in [-0.05, 0) is 23.6 Å². The number of nitrogen functional groups attached to an aromatic ring is 1. The number of nitrogens with zero attached hydrogens (tertiary/aromatic N) is 1. The van der Waals surface area contributed by atoms with Crippen molar-refractivity contribution in [3.05, 3.63) is 66.5 Å². The maximum Gasteiger partial charge on any atom is 0.274 e.